The van der Waals surface area contributed by atoms with Crippen LogP contribution in [0.4, 0.5) is 0 Å². The quantitative estimate of drug-likeness (QED) is 0.767. The smallest absolute Gasteiger partial charge is 0.304 e. The molecule has 0 heterocycles. The first-order chi connectivity index (χ1) is 8.90. The van der Waals surface area contributed by atoms with Gasteiger partial charge in [-0.2, -0.15) is 0 Å². The predicted molar refractivity (Wildman–Crippen MR) is 70.6 cm³/mol. The molecular weight excluding hydrogens is 246 g/mol. The lowest BCUT2D eigenvalue weighted by molar-refractivity contribution is -0.140. The summed E-state index contributed by atoms with van der Waals surface area (Å²) in [4.78, 5) is 33.4. The van der Waals surface area contributed by atoms with Gasteiger partial charge in [0.05, 0.1) is 6.42 Å². The van der Waals surface area contributed by atoms with Gasteiger partial charge in [-0.05, 0) is 38.5 Å². The van der Waals surface area contributed by atoms with Crippen molar-refractivity contribution in [2.45, 2.75) is 46.0 Å². The Kier molecular flexibility index (Phi) is 5.99. The number of carbonyl (C=O) groups is 3. The molecule has 0 radical (unpaired) electrons. The molecule has 0 aromatic heterocycles. The first-order valence-corrected chi connectivity index (χ1v) is 6.90. The zero-order valence-electron chi connectivity index (χ0n) is 11.6. The minimum atomic E-state index is -0.954. The van der Waals surface area contributed by atoms with Gasteiger partial charge in [0.15, 0.2) is 0 Å². The van der Waals surface area contributed by atoms with Crippen molar-refractivity contribution in [2.75, 3.05) is 6.54 Å². The molecular formula is C14H23NO4. The van der Waals surface area contributed by atoms with E-state index in [4.69, 9.17) is 5.11 Å². The van der Waals surface area contributed by atoms with E-state index in [0.717, 1.165) is 25.7 Å². The molecule has 0 aromatic carbocycles. The highest BCUT2D eigenvalue weighted by Crippen LogP contribution is 2.28. The van der Waals surface area contributed by atoms with Gasteiger partial charge in [0.1, 0.15) is 5.78 Å². The predicted octanol–water partition coefficient (Wildman–Crippen LogP) is 1.61. The van der Waals surface area contributed by atoms with Crippen LogP contribution in [-0.4, -0.2) is 29.3 Å². The SMILES string of the molecule is CC(=O)C1CCC(CNC(=O)C(C)CC(=O)O)CC1. The fourth-order valence-corrected chi connectivity index (χ4v) is 2.55. The van der Waals surface area contributed by atoms with Crippen LogP contribution in [0.1, 0.15) is 46.0 Å². The number of ketones is 1. The summed E-state index contributed by atoms with van der Waals surface area (Å²) in [6.45, 7) is 3.85. The highest BCUT2D eigenvalue weighted by molar-refractivity contribution is 5.82. The molecule has 0 aromatic rings. The first-order valence-electron chi connectivity index (χ1n) is 6.90. The second kappa shape index (κ2) is 7.26. The third kappa shape index (κ3) is 5.41. The maximum absolute atomic E-state index is 11.7. The van der Waals surface area contributed by atoms with Gasteiger partial charge < -0.3 is 10.4 Å². The molecule has 0 bridgehead atoms. The van der Waals surface area contributed by atoms with Gasteiger partial charge in [-0.25, -0.2) is 0 Å². The Morgan fingerprint density at radius 1 is 1.21 bits per heavy atom. The third-order valence-corrected chi connectivity index (χ3v) is 3.92. The number of carbonyl (C=O) groups excluding carboxylic acids is 2. The van der Waals surface area contributed by atoms with E-state index >= 15 is 0 Å². The molecule has 5 nitrogen and oxygen atoms in total. The number of rotatable bonds is 6. The zero-order chi connectivity index (χ0) is 14.4. The Morgan fingerprint density at radius 2 is 1.79 bits per heavy atom. The molecule has 1 fully saturated rings. The number of carboxylic acid groups (broad SMARTS) is 1. The molecule has 0 saturated heterocycles. The van der Waals surface area contributed by atoms with Gasteiger partial charge in [0.25, 0.3) is 0 Å². The van der Waals surface area contributed by atoms with E-state index in [-0.39, 0.29) is 24.0 Å². The number of carboxylic acids is 1. The molecule has 1 atom stereocenters. The lowest BCUT2D eigenvalue weighted by Gasteiger charge is -2.27. The maximum atomic E-state index is 11.7. The third-order valence-electron chi connectivity index (χ3n) is 3.92. The molecule has 0 aliphatic heterocycles. The minimum Gasteiger partial charge on any atom is -0.481 e. The molecule has 19 heavy (non-hydrogen) atoms. The van der Waals surface area contributed by atoms with Crippen molar-refractivity contribution in [1.29, 1.82) is 0 Å². The highest BCUT2D eigenvalue weighted by atomic mass is 16.4. The average molecular weight is 269 g/mol. The molecule has 5 heteroatoms. The number of Topliss-reactive ketones (excluding diaryl/α,β-unsaturated/α-hetero) is 1. The van der Waals surface area contributed by atoms with Gasteiger partial charge in [-0.3, -0.25) is 14.4 Å². The fraction of sp³-hybridized carbons (Fsp3) is 0.786. The summed E-state index contributed by atoms with van der Waals surface area (Å²) in [7, 11) is 0. The summed E-state index contributed by atoms with van der Waals surface area (Å²) in [6.07, 6.45) is 3.58. The number of hydrogen-bond acceptors (Lipinski definition) is 3. The Hall–Kier alpha value is -1.39. The van der Waals surface area contributed by atoms with Crippen LogP contribution in [-0.2, 0) is 14.4 Å². The van der Waals surface area contributed by atoms with Crippen molar-refractivity contribution in [2.24, 2.45) is 17.8 Å². The molecule has 0 spiro atoms. The number of hydrogen-bond donors (Lipinski definition) is 2. The number of amides is 1. The van der Waals surface area contributed by atoms with E-state index in [9.17, 15) is 14.4 Å². The zero-order valence-corrected chi connectivity index (χ0v) is 11.6. The van der Waals surface area contributed by atoms with Gasteiger partial charge in [0.2, 0.25) is 5.91 Å². The average Bonchev–Trinajstić information content (AvgIpc) is 2.35. The first kappa shape index (κ1) is 15.7. The van der Waals surface area contributed by atoms with Crippen LogP contribution < -0.4 is 5.32 Å². The molecule has 1 aliphatic rings. The minimum absolute atomic E-state index is 0.136. The Balaban J connectivity index is 2.25. The Morgan fingerprint density at radius 3 is 2.26 bits per heavy atom. The van der Waals surface area contributed by atoms with Crippen LogP contribution in [0.3, 0.4) is 0 Å². The van der Waals surface area contributed by atoms with Crippen LogP contribution >= 0.6 is 0 Å². The summed E-state index contributed by atoms with van der Waals surface area (Å²) in [5.74, 6) is -0.779. The van der Waals surface area contributed by atoms with E-state index in [1.54, 1.807) is 13.8 Å². The largest absolute Gasteiger partial charge is 0.481 e. The van der Waals surface area contributed by atoms with E-state index in [1.165, 1.54) is 0 Å². The number of aliphatic carboxylic acids is 1. The van der Waals surface area contributed by atoms with Crippen molar-refractivity contribution in [3.05, 3.63) is 0 Å². The second-order valence-electron chi connectivity index (χ2n) is 5.57. The second-order valence-corrected chi connectivity index (χ2v) is 5.57. The van der Waals surface area contributed by atoms with E-state index in [1.807, 2.05) is 0 Å². The van der Waals surface area contributed by atoms with E-state index < -0.39 is 11.9 Å². The van der Waals surface area contributed by atoms with Crippen molar-refractivity contribution in [3.8, 4) is 0 Å². The van der Waals surface area contributed by atoms with Crippen molar-refractivity contribution in [1.82, 2.24) is 5.32 Å². The molecule has 1 saturated carbocycles. The monoisotopic (exact) mass is 269 g/mol. The molecule has 2 N–H and O–H groups in total. The van der Waals surface area contributed by atoms with Crippen molar-refractivity contribution >= 4 is 17.7 Å². The van der Waals surface area contributed by atoms with Gasteiger partial charge in [-0.15, -0.1) is 0 Å². The standard InChI is InChI=1S/C14H23NO4/c1-9(7-13(17)18)14(19)15-8-11-3-5-12(6-4-11)10(2)16/h9,11-12H,3-8H2,1-2H3,(H,15,19)(H,17,18). The van der Waals surface area contributed by atoms with Gasteiger partial charge >= 0.3 is 5.97 Å². The lowest BCUT2D eigenvalue weighted by Crippen LogP contribution is -2.35. The van der Waals surface area contributed by atoms with Crippen molar-refractivity contribution in [3.63, 3.8) is 0 Å². The molecule has 1 aliphatic carbocycles. The molecule has 1 unspecified atom stereocenters. The van der Waals surface area contributed by atoms with Crippen LogP contribution in [0.2, 0.25) is 0 Å². The summed E-state index contributed by atoms with van der Waals surface area (Å²) < 4.78 is 0. The van der Waals surface area contributed by atoms with Crippen LogP contribution in [0, 0.1) is 17.8 Å². The fourth-order valence-electron chi connectivity index (χ4n) is 2.55. The van der Waals surface area contributed by atoms with E-state index in [2.05, 4.69) is 5.32 Å². The molecule has 1 amide bonds. The van der Waals surface area contributed by atoms with E-state index in [0.29, 0.717) is 12.5 Å². The highest BCUT2D eigenvalue weighted by Gasteiger charge is 2.24. The summed E-state index contributed by atoms with van der Waals surface area (Å²) in [6, 6.07) is 0. The molecule has 108 valence electrons. The summed E-state index contributed by atoms with van der Waals surface area (Å²) >= 11 is 0. The lowest BCUT2D eigenvalue weighted by atomic mass is 9.80. The number of nitrogens with one attached hydrogen (secondary N) is 1. The van der Waals surface area contributed by atoms with Gasteiger partial charge in [-0.1, -0.05) is 6.92 Å². The maximum Gasteiger partial charge on any atom is 0.304 e. The van der Waals surface area contributed by atoms with Crippen molar-refractivity contribution < 1.29 is 19.5 Å². The normalized spacial score (nSPS) is 24.5. The molecule has 1 rings (SSSR count). The van der Waals surface area contributed by atoms with Crippen LogP contribution in [0.15, 0.2) is 0 Å². The Labute approximate surface area is 113 Å². The Bertz CT molecular complexity index is 345. The topological polar surface area (TPSA) is 83.5 Å². The summed E-state index contributed by atoms with van der Waals surface area (Å²) in [5, 5.41) is 11.4. The van der Waals surface area contributed by atoms with Crippen LogP contribution in [0.25, 0.3) is 0 Å². The van der Waals surface area contributed by atoms with Gasteiger partial charge in [0, 0.05) is 18.4 Å². The summed E-state index contributed by atoms with van der Waals surface area (Å²) in [5.41, 5.74) is 0. The van der Waals surface area contributed by atoms with Crippen LogP contribution in [0.5, 0.6) is 0 Å².